The molecule has 1 aromatic rings. The zero-order valence-electron chi connectivity index (χ0n) is 6.09. The number of thiophene rings is 1. The minimum atomic E-state index is 0.666. The lowest BCUT2D eigenvalue weighted by Crippen LogP contribution is -2.01. The molecule has 0 saturated heterocycles. The van der Waals surface area contributed by atoms with Crippen LogP contribution in [0.1, 0.15) is 17.9 Å². The van der Waals surface area contributed by atoms with Crippen LogP contribution in [0.15, 0.2) is 11.4 Å². The first kappa shape index (κ1) is 7.59. The maximum atomic E-state index is 5.97. The minimum Gasteiger partial charge on any atom is -0.330 e. The van der Waals surface area contributed by atoms with Crippen molar-refractivity contribution in [1.29, 1.82) is 0 Å². The molecule has 0 bridgehead atoms. The molecule has 1 aliphatic carbocycles. The molecule has 1 aliphatic rings. The second-order valence-electron chi connectivity index (χ2n) is 2.99. The number of hydrogen-bond acceptors (Lipinski definition) is 2. The Morgan fingerprint density at radius 1 is 1.73 bits per heavy atom. The Kier molecular flexibility index (Phi) is 1.91. The summed E-state index contributed by atoms with van der Waals surface area (Å²) in [5.74, 6) is 1.36. The maximum Gasteiger partial charge on any atom is 0.0963 e. The van der Waals surface area contributed by atoms with Crippen molar-refractivity contribution in [2.45, 2.75) is 12.3 Å². The Labute approximate surface area is 75.2 Å². The zero-order valence-corrected chi connectivity index (χ0v) is 7.66. The Bertz CT molecular complexity index is 258. The fraction of sp³-hybridized carbons (Fsp3) is 0.500. The summed E-state index contributed by atoms with van der Waals surface area (Å²) in [6, 6.07) is 2.12. The van der Waals surface area contributed by atoms with Gasteiger partial charge in [-0.05, 0) is 41.8 Å². The first-order valence-corrected chi connectivity index (χ1v) is 5.01. The van der Waals surface area contributed by atoms with E-state index in [1.807, 2.05) is 5.38 Å². The van der Waals surface area contributed by atoms with Crippen molar-refractivity contribution < 1.29 is 0 Å². The van der Waals surface area contributed by atoms with Gasteiger partial charge in [0, 0.05) is 0 Å². The SMILES string of the molecule is NCC1CC1c1ccsc1Cl. The first-order valence-electron chi connectivity index (χ1n) is 3.76. The van der Waals surface area contributed by atoms with Crippen molar-refractivity contribution in [3.8, 4) is 0 Å². The molecule has 2 atom stereocenters. The molecule has 3 heteroatoms. The van der Waals surface area contributed by atoms with E-state index >= 15 is 0 Å². The molecule has 1 heterocycles. The lowest BCUT2D eigenvalue weighted by Gasteiger charge is -1.93. The summed E-state index contributed by atoms with van der Waals surface area (Å²) < 4.78 is 0.950. The molecular weight excluding hydrogens is 178 g/mol. The summed E-state index contributed by atoms with van der Waals surface area (Å²) in [6.45, 7) is 0.802. The van der Waals surface area contributed by atoms with Gasteiger partial charge in [-0.1, -0.05) is 11.6 Å². The van der Waals surface area contributed by atoms with E-state index in [1.54, 1.807) is 11.3 Å². The summed E-state index contributed by atoms with van der Waals surface area (Å²) in [5.41, 5.74) is 6.85. The second kappa shape index (κ2) is 2.77. The molecule has 0 amide bonds. The van der Waals surface area contributed by atoms with Crippen molar-refractivity contribution in [2.24, 2.45) is 11.7 Å². The van der Waals surface area contributed by atoms with Gasteiger partial charge in [-0.25, -0.2) is 0 Å². The summed E-state index contributed by atoms with van der Waals surface area (Å²) in [6.07, 6.45) is 1.23. The summed E-state index contributed by atoms with van der Waals surface area (Å²) >= 11 is 7.58. The molecule has 0 aromatic carbocycles. The van der Waals surface area contributed by atoms with Gasteiger partial charge in [0.2, 0.25) is 0 Å². The van der Waals surface area contributed by atoms with E-state index in [2.05, 4.69) is 6.07 Å². The number of rotatable bonds is 2. The number of hydrogen-bond donors (Lipinski definition) is 1. The van der Waals surface area contributed by atoms with Gasteiger partial charge in [0.15, 0.2) is 0 Å². The van der Waals surface area contributed by atoms with Crippen molar-refractivity contribution in [2.75, 3.05) is 6.54 Å². The van der Waals surface area contributed by atoms with Crippen LogP contribution in [-0.4, -0.2) is 6.54 Å². The highest BCUT2D eigenvalue weighted by atomic mass is 35.5. The van der Waals surface area contributed by atoms with Crippen molar-refractivity contribution >= 4 is 22.9 Å². The highest BCUT2D eigenvalue weighted by Crippen LogP contribution is 2.49. The molecule has 1 saturated carbocycles. The third kappa shape index (κ3) is 1.31. The molecule has 0 aliphatic heterocycles. The van der Waals surface area contributed by atoms with Crippen LogP contribution in [0, 0.1) is 5.92 Å². The average molecular weight is 188 g/mol. The Hall–Kier alpha value is -0.0500. The second-order valence-corrected chi connectivity index (χ2v) is 4.51. The molecule has 0 spiro atoms. The van der Waals surface area contributed by atoms with E-state index < -0.39 is 0 Å². The highest BCUT2D eigenvalue weighted by Gasteiger charge is 2.38. The summed E-state index contributed by atoms with van der Waals surface area (Å²) in [7, 11) is 0. The topological polar surface area (TPSA) is 26.0 Å². The maximum absolute atomic E-state index is 5.97. The van der Waals surface area contributed by atoms with E-state index in [9.17, 15) is 0 Å². The molecule has 1 nitrogen and oxygen atoms in total. The minimum absolute atomic E-state index is 0.666. The molecule has 0 radical (unpaired) electrons. The van der Waals surface area contributed by atoms with Gasteiger partial charge in [0.1, 0.15) is 0 Å². The lowest BCUT2D eigenvalue weighted by molar-refractivity contribution is 0.811. The van der Waals surface area contributed by atoms with Gasteiger partial charge in [-0.2, -0.15) is 0 Å². The van der Waals surface area contributed by atoms with E-state index in [0.29, 0.717) is 11.8 Å². The van der Waals surface area contributed by atoms with Crippen LogP contribution in [0.5, 0.6) is 0 Å². The molecule has 1 aromatic heterocycles. The third-order valence-electron chi connectivity index (χ3n) is 2.27. The summed E-state index contributed by atoms with van der Waals surface area (Å²) in [5, 5.41) is 2.05. The average Bonchev–Trinajstić information content (AvgIpc) is 2.68. The van der Waals surface area contributed by atoms with Crippen LogP contribution >= 0.6 is 22.9 Å². The third-order valence-corrected chi connectivity index (χ3v) is 3.47. The van der Waals surface area contributed by atoms with Gasteiger partial charge in [0.05, 0.1) is 4.34 Å². The normalized spacial score (nSPS) is 28.9. The zero-order chi connectivity index (χ0) is 7.84. The lowest BCUT2D eigenvalue weighted by atomic mass is 10.2. The molecule has 11 heavy (non-hydrogen) atoms. The Morgan fingerprint density at radius 2 is 2.55 bits per heavy atom. The smallest absolute Gasteiger partial charge is 0.0963 e. The molecule has 2 unspecified atom stereocenters. The number of halogens is 1. The van der Waals surface area contributed by atoms with Gasteiger partial charge in [0.25, 0.3) is 0 Å². The molecule has 60 valence electrons. The van der Waals surface area contributed by atoms with E-state index in [0.717, 1.165) is 10.9 Å². The van der Waals surface area contributed by atoms with Crippen molar-refractivity contribution in [3.63, 3.8) is 0 Å². The van der Waals surface area contributed by atoms with Gasteiger partial charge >= 0.3 is 0 Å². The van der Waals surface area contributed by atoms with Crippen LogP contribution in [0.25, 0.3) is 0 Å². The molecule has 2 rings (SSSR count). The van der Waals surface area contributed by atoms with Crippen LogP contribution in [0.2, 0.25) is 4.34 Å². The van der Waals surface area contributed by atoms with Crippen LogP contribution in [0.4, 0.5) is 0 Å². The standard InChI is InChI=1S/C8H10ClNS/c9-8-6(1-2-11-8)7-3-5(7)4-10/h1-2,5,7H,3-4,10H2. The first-order chi connectivity index (χ1) is 5.33. The van der Waals surface area contributed by atoms with Crippen molar-refractivity contribution in [1.82, 2.24) is 0 Å². The van der Waals surface area contributed by atoms with Crippen LogP contribution in [0.3, 0.4) is 0 Å². The predicted molar refractivity (Wildman–Crippen MR) is 49.2 cm³/mol. The Morgan fingerprint density at radius 3 is 3.00 bits per heavy atom. The van der Waals surface area contributed by atoms with Gasteiger partial charge in [-0.3, -0.25) is 0 Å². The summed E-state index contributed by atoms with van der Waals surface area (Å²) in [4.78, 5) is 0. The van der Waals surface area contributed by atoms with E-state index in [4.69, 9.17) is 17.3 Å². The molecular formula is C8H10ClNS. The monoisotopic (exact) mass is 187 g/mol. The molecule has 1 fully saturated rings. The van der Waals surface area contributed by atoms with E-state index in [1.165, 1.54) is 12.0 Å². The van der Waals surface area contributed by atoms with E-state index in [-0.39, 0.29) is 0 Å². The quantitative estimate of drug-likeness (QED) is 0.757. The predicted octanol–water partition coefficient (Wildman–Crippen LogP) is 2.46. The van der Waals surface area contributed by atoms with Crippen molar-refractivity contribution in [3.05, 3.63) is 21.3 Å². The molecule has 2 N–H and O–H groups in total. The fourth-order valence-corrected chi connectivity index (χ4v) is 2.51. The van der Waals surface area contributed by atoms with Gasteiger partial charge < -0.3 is 5.73 Å². The van der Waals surface area contributed by atoms with Crippen LogP contribution in [-0.2, 0) is 0 Å². The Balaban J connectivity index is 2.14. The fourth-order valence-electron chi connectivity index (χ4n) is 1.46. The highest BCUT2D eigenvalue weighted by molar-refractivity contribution is 7.14. The van der Waals surface area contributed by atoms with Gasteiger partial charge in [-0.15, -0.1) is 11.3 Å². The number of nitrogens with two attached hydrogens (primary N) is 1. The largest absolute Gasteiger partial charge is 0.330 e. The van der Waals surface area contributed by atoms with Crippen LogP contribution < -0.4 is 5.73 Å².